The van der Waals surface area contributed by atoms with E-state index in [4.69, 9.17) is 28.5 Å². The van der Waals surface area contributed by atoms with Crippen molar-refractivity contribution in [2.24, 2.45) is 0 Å². The van der Waals surface area contributed by atoms with E-state index in [9.17, 15) is 9.18 Å². The highest BCUT2D eigenvalue weighted by Crippen LogP contribution is 2.34. The number of benzene rings is 2. The predicted molar refractivity (Wildman–Crippen MR) is 96.2 cm³/mol. The van der Waals surface area contributed by atoms with E-state index in [2.05, 4.69) is 0 Å². The van der Waals surface area contributed by atoms with Crippen molar-refractivity contribution in [3.8, 4) is 6.07 Å². The zero-order valence-electron chi connectivity index (χ0n) is 12.5. The van der Waals surface area contributed by atoms with Crippen LogP contribution in [0.2, 0.25) is 10.0 Å². The minimum atomic E-state index is -0.510. The van der Waals surface area contributed by atoms with Crippen LogP contribution in [0.3, 0.4) is 0 Å². The molecule has 0 atom stereocenters. The van der Waals surface area contributed by atoms with Crippen molar-refractivity contribution in [1.82, 2.24) is 0 Å². The number of thioether (sulfide) groups is 1. The van der Waals surface area contributed by atoms with E-state index in [1.54, 1.807) is 30.3 Å². The first-order chi connectivity index (χ1) is 11.5. The number of hydrogen-bond donors (Lipinski definition) is 0. The first-order valence-electron chi connectivity index (χ1n) is 7.03. The van der Waals surface area contributed by atoms with Crippen LogP contribution < -0.4 is 4.90 Å². The van der Waals surface area contributed by atoms with Crippen LogP contribution >= 0.6 is 35.0 Å². The molecule has 0 heterocycles. The molecule has 3 nitrogen and oxygen atoms in total. The summed E-state index contributed by atoms with van der Waals surface area (Å²) in [7, 11) is 0. The van der Waals surface area contributed by atoms with Gasteiger partial charge in [-0.25, -0.2) is 4.39 Å². The van der Waals surface area contributed by atoms with Gasteiger partial charge in [0.1, 0.15) is 5.82 Å². The molecule has 2 aromatic carbocycles. The number of carbonyl (C=O) groups excluding carboxylic acids is 1. The lowest BCUT2D eigenvalue weighted by molar-refractivity contribution is -0.116. The van der Waals surface area contributed by atoms with Crippen LogP contribution in [0.15, 0.2) is 47.4 Å². The van der Waals surface area contributed by atoms with E-state index in [0.29, 0.717) is 14.9 Å². The van der Waals surface area contributed by atoms with Gasteiger partial charge in [-0.15, -0.1) is 11.8 Å². The lowest BCUT2D eigenvalue weighted by Crippen LogP contribution is -2.34. The number of anilines is 1. The fraction of sp³-hybridized carbons (Fsp3) is 0.176. The maximum absolute atomic E-state index is 14.0. The van der Waals surface area contributed by atoms with Crippen LogP contribution in [0.1, 0.15) is 6.42 Å². The molecule has 0 saturated heterocycles. The van der Waals surface area contributed by atoms with E-state index >= 15 is 0 Å². The summed E-state index contributed by atoms with van der Waals surface area (Å²) in [5, 5.41) is 9.68. The van der Waals surface area contributed by atoms with Gasteiger partial charge in [-0.3, -0.25) is 4.79 Å². The molecule has 0 aliphatic rings. The topological polar surface area (TPSA) is 44.1 Å². The molecule has 7 heteroatoms. The maximum Gasteiger partial charge on any atom is 0.237 e. The number of halogens is 3. The molecule has 0 aliphatic carbocycles. The molecule has 0 aromatic heterocycles. The van der Waals surface area contributed by atoms with Crippen LogP contribution in [0.5, 0.6) is 0 Å². The summed E-state index contributed by atoms with van der Waals surface area (Å²) >= 11 is 13.4. The number of amides is 1. The second kappa shape index (κ2) is 8.93. The molecule has 1 amide bonds. The zero-order valence-corrected chi connectivity index (χ0v) is 14.8. The van der Waals surface area contributed by atoms with Crippen molar-refractivity contribution >= 4 is 46.6 Å². The molecule has 0 bridgehead atoms. The second-order valence-electron chi connectivity index (χ2n) is 4.74. The minimum Gasteiger partial charge on any atom is -0.308 e. The van der Waals surface area contributed by atoms with Crippen molar-refractivity contribution in [1.29, 1.82) is 5.26 Å². The molecule has 24 heavy (non-hydrogen) atoms. The Morgan fingerprint density at radius 1 is 1.17 bits per heavy atom. The van der Waals surface area contributed by atoms with Gasteiger partial charge in [-0.05, 0) is 24.3 Å². The lowest BCUT2D eigenvalue weighted by Gasteiger charge is -2.22. The number of rotatable bonds is 6. The Kier molecular flexibility index (Phi) is 6.92. The van der Waals surface area contributed by atoms with Crippen molar-refractivity contribution in [3.05, 3.63) is 58.3 Å². The third-order valence-corrected chi connectivity index (χ3v) is 5.12. The quantitative estimate of drug-likeness (QED) is 0.647. The van der Waals surface area contributed by atoms with Crippen molar-refractivity contribution < 1.29 is 9.18 Å². The number of nitrogens with zero attached hydrogens (tertiary/aromatic N) is 2. The van der Waals surface area contributed by atoms with Gasteiger partial charge < -0.3 is 4.90 Å². The Hall–Kier alpha value is -1.74. The first-order valence-corrected chi connectivity index (χ1v) is 8.77. The van der Waals surface area contributed by atoms with Gasteiger partial charge in [-0.2, -0.15) is 5.26 Å². The van der Waals surface area contributed by atoms with E-state index < -0.39 is 5.82 Å². The Balaban J connectivity index is 2.17. The van der Waals surface area contributed by atoms with E-state index in [0.717, 1.165) is 0 Å². The average Bonchev–Trinajstić information content (AvgIpc) is 2.56. The smallest absolute Gasteiger partial charge is 0.237 e. The average molecular weight is 383 g/mol. The summed E-state index contributed by atoms with van der Waals surface area (Å²) in [4.78, 5) is 14.4. The molecular weight excluding hydrogens is 370 g/mol. The van der Waals surface area contributed by atoms with E-state index in [1.165, 1.54) is 28.8 Å². The van der Waals surface area contributed by atoms with Crippen LogP contribution in [0.4, 0.5) is 10.1 Å². The first kappa shape index (κ1) is 18.6. The Morgan fingerprint density at radius 2 is 1.83 bits per heavy atom. The van der Waals surface area contributed by atoms with Crippen LogP contribution in [0, 0.1) is 17.1 Å². The van der Waals surface area contributed by atoms with Crippen LogP contribution in [-0.4, -0.2) is 18.2 Å². The van der Waals surface area contributed by atoms with Gasteiger partial charge in [-0.1, -0.05) is 41.4 Å². The molecule has 124 valence electrons. The summed E-state index contributed by atoms with van der Waals surface area (Å²) in [5.74, 6) is -0.802. The highest BCUT2D eigenvalue weighted by atomic mass is 35.5. The number of hydrogen-bond acceptors (Lipinski definition) is 3. The molecule has 0 unspecified atom stereocenters. The Morgan fingerprint density at radius 3 is 2.46 bits per heavy atom. The standard InChI is InChI=1S/C17H13Cl2FN2OS/c18-12-5-3-6-13(19)17(12)24-11-16(23)22(10-4-9-21)15-8-2-1-7-14(15)20/h1-3,5-8H,4,10-11H2. The van der Waals surface area contributed by atoms with Crippen molar-refractivity contribution in [2.75, 3.05) is 17.2 Å². The second-order valence-corrected chi connectivity index (χ2v) is 6.54. The number of nitriles is 1. The van der Waals surface area contributed by atoms with Gasteiger partial charge in [0.2, 0.25) is 5.91 Å². The summed E-state index contributed by atoms with van der Waals surface area (Å²) < 4.78 is 14.0. The predicted octanol–water partition coefficient (Wildman–Crippen LogP) is 5.17. The van der Waals surface area contributed by atoms with E-state index in [-0.39, 0.29) is 30.3 Å². The van der Waals surface area contributed by atoms with E-state index in [1.807, 2.05) is 6.07 Å². The largest absolute Gasteiger partial charge is 0.308 e. The molecule has 0 fully saturated rings. The summed E-state index contributed by atoms with van der Waals surface area (Å²) in [6, 6.07) is 13.0. The molecule has 0 N–H and O–H groups in total. The molecule has 0 radical (unpaired) electrons. The SMILES string of the molecule is N#CCCN(C(=O)CSc1c(Cl)cccc1Cl)c1ccccc1F. The van der Waals surface area contributed by atoms with Gasteiger partial charge >= 0.3 is 0 Å². The van der Waals surface area contributed by atoms with Gasteiger partial charge in [0.25, 0.3) is 0 Å². The van der Waals surface area contributed by atoms with Crippen molar-refractivity contribution in [3.63, 3.8) is 0 Å². The summed E-state index contributed by atoms with van der Waals surface area (Å²) in [6.07, 6.45) is 0.109. The minimum absolute atomic E-state index is 0.0310. The van der Waals surface area contributed by atoms with Gasteiger partial charge in [0.05, 0.1) is 34.0 Å². The lowest BCUT2D eigenvalue weighted by atomic mass is 10.2. The molecule has 0 saturated carbocycles. The molecule has 2 aromatic rings. The normalized spacial score (nSPS) is 10.2. The Bertz CT molecular complexity index is 759. The molecule has 0 aliphatic heterocycles. The molecular formula is C17H13Cl2FN2OS. The van der Waals surface area contributed by atoms with Gasteiger partial charge in [0, 0.05) is 11.4 Å². The van der Waals surface area contributed by atoms with Crippen LogP contribution in [-0.2, 0) is 4.79 Å². The summed E-state index contributed by atoms with van der Waals surface area (Å²) in [6.45, 7) is 0.118. The zero-order chi connectivity index (χ0) is 17.5. The number of carbonyl (C=O) groups is 1. The third kappa shape index (κ3) is 4.64. The highest BCUT2D eigenvalue weighted by molar-refractivity contribution is 8.00. The van der Waals surface area contributed by atoms with Gasteiger partial charge in [0.15, 0.2) is 0 Å². The number of para-hydroxylation sites is 1. The van der Waals surface area contributed by atoms with Crippen LogP contribution in [0.25, 0.3) is 0 Å². The molecule has 2 rings (SSSR count). The Labute approximate surface area is 154 Å². The monoisotopic (exact) mass is 382 g/mol. The maximum atomic E-state index is 14.0. The summed E-state index contributed by atoms with van der Waals surface area (Å²) in [5.41, 5.74) is 0.156. The fourth-order valence-electron chi connectivity index (χ4n) is 2.04. The highest BCUT2D eigenvalue weighted by Gasteiger charge is 2.19. The third-order valence-electron chi connectivity index (χ3n) is 3.15. The molecule has 0 spiro atoms. The van der Waals surface area contributed by atoms with Crippen molar-refractivity contribution in [2.45, 2.75) is 11.3 Å². The fourth-order valence-corrected chi connectivity index (χ4v) is 3.60.